The monoisotopic (exact) mass is 245 g/mol. The number of pyridine rings is 1. The van der Waals surface area contributed by atoms with Gasteiger partial charge in [0.15, 0.2) is 5.65 Å². The van der Waals surface area contributed by atoms with Gasteiger partial charge in [-0.3, -0.25) is 5.10 Å². The minimum Gasteiger partial charge on any atom is -0.369 e. The van der Waals surface area contributed by atoms with Crippen molar-refractivity contribution in [1.82, 2.24) is 20.5 Å². The SMILES string of the molecule is Cc1cnc2[nH]ncc2c1N(C)C1CCCNC1. The van der Waals surface area contributed by atoms with Crippen LogP contribution in [-0.2, 0) is 0 Å². The van der Waals surface area contributed by atoms with E-state index in [1.54, 1.807) is 0 Å². The molecule has 0 spiro atoms. The smallest absolute Gasteiger partial charge is 0.157 e. The molecule has 1 atom stereocenters. The zero-order chi connectivity index (χ0) is 12.5. The Morgan fingerprint density at radius 1 is 1.39 bits per heavy atom. The molecular formula is C13H19N5. The average Bonchev–Trinajstić information content (AvgIpc) is 2.87. The maximum absolute atomic E-state index is 4.37. The summed E-state index contributed by atoms with van der Waals surface area (Å²) in [4.78, 5) is 6.74. The molecule has 18 heavy (non-hydrogen) atoms. The first-order valence-corrected chi connectivity index (χ1v) is 6.49. The standard InChI is InChI=1S/C13H19N5/c1-9-6-15-13-11(8-16-17-13)12(9)18(2)10-4-3-5-14-7-10/h6,8,10,14H,3-5,7H2,1-2H3,(H,15,16,17). The maximum atomic E-state index is 4.37. The van der Waals surface area contributed by atoms with Gasteiger partial charge in [0.2, 0.25) is 0 Å². The van der Waals surface area contributed by atoms with Gasteiger partial charge in [0, 0.05) is 25.8 Å². The van der Waals surface area contributed by atoms with Crippen LogP contribution >= 0.6 is 0 Å². The van der Waals surface area contributed by atoms with E-state index in [4.69, 9.17) is 0 Å². The topological polar surface area (TPSA) is 56.8 Å². The Balaban J connectivity index is 2.01. The molecule has 96 valence electrons. The Labute approximate surface area is 107 Å². The molecule has 5 heteroatoms. The fourth-order valence-corrected chi connectivity index (χ4v) is 2.80. The third kappa shape index (κ3) is 1.84. The second-order valence-electron chi connectivity index (χ2n) is 5.03. The number of rotatable bonds is 2. The van der Waals surface area contributed by atoms with Crippen molar-refractivity contribution < 1.29 is 0 Å². The lowest BCUT2D eigenvalue weighted by Gasteiger charge is -2.34. The normalized spacial score (nSPS) is 20.2. The lowest BCUT2D eigenvalue weighted by atomic mass is 10.0. The predicted molar refractivity (Wildman–Crippen MR) is 72.9 cm³/mol. The fourth-order valence-electron chi connectivity index (χ4n) is 2.80. The second kappa shape index (κ2) is 4.57. The molecule has 0 radical (unpaired) electrons. The molecule has 3 rings (SSSR count). The predicted octanol–water partition coefficient (Wildman–Crippen LogP) is 1.45. The van der Waals surface area contributed by atoms with Crippen LogP contribution in [0.15, 0.2) is 12.4 Å². The molecule has 2 aromatic rings. The van der Waals surface area contributed by atoms with Crippen molar-refractivity contribution in [1.29, 1.82) is 0 Å². The summed E-state index contributed by atoms with van der Waals surface area (Å²) in [5, 5.41) is 11.6. The Bertz CT molecular complexity index is 541. The number of hydrogen-bond acceptors (Lipinski definition) is 4. The number of anilines is 1. The van der Waals surface area contributed by atoms with Gasteiger partial charge in [-0.15, -0.1) is 0 Å². The lowest BCUT2D eigenvalue weighted by Crippen LogP contribution is -2.44. The van der Waals surface area contributed by atoms with Crippen molar-refractivity contribution in [2.24, 2.45) is 0 Å². The summed E-state index contributed by atoms with van der Waals surface area (Å²) >= 11 is 0. The summed E-state index contributed by atoms with van der Waals surface area (Å²) in [6.07, 6.45) is 6.28. The van der Waals surface area contributed by atoms with E-state index in [1.165, 1.54) is 24.1 Å². The summed E-state index contributed by atoms with van der Waals surface area (Å²) in [5.74, 6) is 0. The van der Waals surface area contributed by atoms with E-state index in [9.17, 15) is 0 Å². The van der Waals surface area contributed by atoms with Crippen LogP contribution in [0.4, 0.5) is 5.69 Å². The van der Waals surface area contributed by atoms with Crippen LogP contribution < -0.4 is 10.2 Å². The third-order valence-electron chi connectivity index (χ3n) is 3.81. The summed E-state index contributed by atoms with van der Waals surface area (Å²) in [5.41, 5.74) is 3.32. The molecule has 5 nitrogen and oxygen atoms in total. The molecule has 0 aliphatic carbocycles. The molecule has 1 aliphatic rings. The van der Waals surface area contributed by atoms with Crippen molar-refractivity contribution in [3.63, 3.8) is 0 Å². The Morgan fingerprint density at radius 3 is 3.06 bits per heavy atom. The van der Waals surface area contributed by atoms with E-state index in [1.807, 2.05) is 12.4 Å². The zero-order valence-electron chi connectivity index (χ0n) is 10.9. The molecule has 2 N–H and O–H groups in total. The van der Waals surface area contributed by atoms with Crippen molar-refractivity contribution in [2.75, 3.05) is 25.0 Å². The quantitative estimate of drug-likeness (QED) is 0.841. The van der Waals surface area contributed by atoms with Gasteiger partial charge in [-0.1, -0.05) is 0 Å². The van der Waals surface area contributed by atoms with Crippen molar-refractivity contribution in [2.45, 2.75) is 25.8 Å². The minimum atomic E-state index is 0.554. The van der Waals surface area contributed by atoms with Gasteiger partial charge in [-0.25, -0.2) is 4.98 Å². The van der Waals surface area contributed by atoms with Crippen LogP contribution in [0.25, 0.3) is 11.0 Å². The third-order valence-corrected chi connectivity index (χ3v) is 3.81. The minimum absolute atomic E-state index is 0.554. The van der Waals surface area contributed by atoms with E-state index in [-0.39, 0.29) is 0 Å². The van der Waals surface area contributed by atoms with Crippen molar-refractivity contribution >= 4 is 16.7 Å². The number of piperidine rings is 1. The van der Waals surface area contributed by atoms with E-state index < -0.39 is 0 Å². The number of nitrogens with one attached hydrogen (secondary N) is 2. The molecule has 1 unspecified atom stereocenters. The average molecular weight is 245 g/mol. The van der Waals surface area contributed by atoms with Crippen molar-refractivity contribution in [3.8, 4) is 0 Å². The summed E-state index contributed by atoms with van der Waals surface area (Å²) in [7, 11) is 2.17. The summed E-state index contributed by atoms with van der Waals surface area (Å²) in [6.45, 7) is 4.31. The molecule has 0 amide bonds. The summed E-state index contributed by atoms with van der Waals surface area (Å²) in [6, 6.07) is 0.554. The Hall–Kier alpha value is -1.62. The zero-order valence-corrected chi connectivity index (χ0v) is 10.9. The van der Waals surface area contributed by atoms with Crippen LogP contribution in [0, 0.1) is 6.92 Å². The molecule has 1 fully saturated rings. The molecule has 0 bridgehead atoms. The van der Waals surface area contributed by atoms with Gasteiger partial charge in [0.05, 0.1) is 17.3 Å². The Morgan fingerprint density at radius 2 is 2.28 bits per heavy atom. The number of aryl methyl sites for hydroxylation is 1. The van der Waals surface area contributed by atoms with Gasteiger partial charge in [0.25, 0.3) is 0 Å². The molecule has 0 saturated carbocycles. The van der Waals surface area contributed by atoms with Crippen LogP contribution in [0.5, 0.6) is 0 Å². The highest BCUT2D eigenvalue weighted by Gasteiger charge is 2.21. The maximum Gasteiger partial charge on any atom is 0.157 e. The van der Waals surface area contributed by atoms with E-state index in [0.717, 1.165) is 24.1 Å². The molecule has 1 aliphatic heterocycles. The number of hydrogen-bond donors (Lipinski definition) is 2. The first-order chi connectivity index (χ1) is 8.77. The second-order valence-corrected chi connectivity index (χ2v) is 5.03. The Kier molecular flexibility index (Phi) is 2.91. The van der Waals surface area contributed by atoms with E-state index in [2.05, 4.69) is 39.4 Å². The van der Waals surface area contributed by atoms with Crippen molar-refractivity contribution in [3.05, 3.63) is 18.0 Å². The first-order valence-electron chi connectivity index (χ1n) is 6.49. The number of aromatic nitrogens is 3. The van der Waals surface area contributed by atoms with Gasteiger partial charge in [-0.2, -0.15) is 5.10 Å². The fraction of sp³-hybridized carbons (Fsp3) is 0.538. The van der Waals surface area contributed by atoms with Crippen LogP contribution in [0.2, 0.25) is 0 Å². The molecule has 1 saturated heterocycles. The lowest BCUT2D eigenvalue weighted by molar-refractivity contribution is 0.445. The number of likely N-dealkylation sites (N-methyl/N-ethyl adjacent to an activating group) is 1. The van der Waals surface area contributed by atoms with Crippen LogP contribution in [-0.4, -0.2) is 41.4 Å². The highest BCUT2D eigenvalue weighted by Crippen LogP contribution is 2.29. The van der Waals surface area contributed by atoms with Gasteiger partial charge < -0.3 is 10.2 Å². The highest BCUT2D eigenvalue weighted by molar-refractivity contribution is 5.90. The van der Waals surface area contributed by atoms with Crippen LogP contribution in [0.3, 0.4) is 0 Å². The number of H-pyrrole nitrogens is 1. The number of fused-ring (bicyclic) bond motifs is 1. The van der Waals surface area contributed by atoms with Crippen LogP contribution in [0.1, 0.15) is 18.4 Å². The van der Waals surface area contributed by atoms with Gasteiger partial charge >= 0.3 is 0 Å². The molecular weight excluding hydrogens is 226 g/mol. The van der Waals surface area contributed by atoms with E-state index >= 15 is 0 Å². The van der Waals surface area contributed by atoms with E-state index in [0.29, 0.717) is 6.04 Å². The largest absolute Gasteiger partial charge is 0.369 e. The number of nitrogens with zero attached hydrogens (tertiary/aromatic N) is 3. The molecule has 3 heterocycles. The highest BCUT2D eigenvalue weighted by atomic mass is 15.2. The molecule has 0 aromatic carbocycles. The summed E-state index contributed by atoms with van der Waals surface area (Å²) < 4.78 is 0. The van der Waals surface area contributed by atoms with Gasteiger partial charge in [-0.05, 0) is 31.9 Å². The van der Waals surface area contributed by atoms with Gasteiger partial charge in [0.1, 0.15) is 0 Å². The number of aromatic amines is 1. The molecule has 2 aromatic heterocycles. The first kappa shape index (κ1) is 11.5.